The van der Waals surface area contributed by atoms with Crippen molar-refractivity contribution in [2.75, 3.05) is 25.0 Å². The van der Waals surface area contributed by atoms with Gasteiger partial charge in [-0.05, 0) is 31.7 Å². The lowest BCUT2D eigenvalue weighted by atomic mass is 9.85. The largest absolute Gasteiger partial charge is 0.351 e. The second kappa shape index (κ2) is 7.25. The van der Waals surface area contributed by atoms with Gasteiger partial charge in [0.2, 0.25) is 0 Å². The van der Waals surface area contributed by atoms with Gasteiger partial charge in [-0.1, -0.05) is 26.7 Å². The number of aromatic nitrogens is 1. The SMILES string of the molecule is CCCc1nc(N(C)CC2CCC2)sc1CNCC. The molecule has 0 atom stereocenters. The van der Waals surface area contributed by atoms with Gasteiger partial charge in [-0.25, -0.2) is 4.98 Å². The molecule has 0 saturated heterocycles. The van der Waals surface area contributed by atoms with Crippen LogP contribution in [0.15, 0.2) is 0 Å². The molecule has 0 bridgehead atoms. The highest BCUT2D eigenvalue weighted by molar-refractivity contribution is 7.15. The lowest BCUT2D eigenvalue weighted by molar-refractivity contribution is 0.321. The molecule has 1 heterocycles. The number of rotatable bonds is 8. The predicted octanol–water partition coefficient (Wildman–Crippen LogP) is 3.44. The van der Waals surface area contributed by atoms with Crippen LogP contribution in [0.4, 0.5) is 5.13 Å². The van der Waals surface area contributed by atoms with E-state index in [4.69, 9.17) is 4.98 Å². The number of hydrogen-bond donors (Lipinski definition) is 1. The highest BCUT2D eigenvalue weighted by atomic mass is 32.1. The van der Waals surface area contributed by atoms with Crippen molar-refractivity contribution in [1.82, 2.24) is 10.3 Å². The van der Waals surface area contributed by atoms with Crippen LogP contribution >= 0.6 is 11.3 Å². The summed E-state index contributed by atoms with van der Waals surface area (Å²) < 4.78 is 0. The first-order valence-corrected chi connectivity index (χ1v) is 8.46. The maximum absolute atomic E-state index is 4.87. The standard InChI is InChI=1S/C15H27N3S/c1-4-7-13-14(10-16-5-2)19-15(17-13)18(3)11-12-8-6-9-12/h12,16H,4-11H2,1-3H3. The zero-order chi connectivity index (χ0) is 13.7. The van der Waals surface area contributed by atoms with Gasteiger partial charge in [0.05, 0.1) is 5.69 Å². The van der Waals surface area contributed by atoms with Crippen LogP contribution in [0.2, 0.25) is 0 Å². The van der Waals surface area contributed by atoms with E-state index in [0.29, 0.717) is 0 Å². The maximum atomic E-state index is 4.87. The number of hydrogen-bond acceptors (Lipinski definition) is 4. The molecular formula is C15H27N3S. The van der Waals surface area contributed by atoms with Gasteiger partial charge in [-0.2, -0.15) is 0 Å². The molecule has 19 heavy (non-hydrogen) atoms. The lowest BCUT2D eigenvalue weighted by Gasteiger charge is -2.29. The molecule has 1 aliphatic carbocycles. The first-order valence-electron chi connectivity index (χ1n) is 7.65. The number of anilines is 1. The van der Waals surface area contributed by atoms with Gasteiger partial charge in [0.1, 0.15) is 0 Å². The van der Waals surface area contributed by atoms with Crippen LogP contribution in [0.25, 0.3) is 0 Å². The average Bonchev–Trinajstić information content (AvgIpc) is 2.75. The van der Waals surface area contributed by atoms with Gasteiger partial charge in [-0.3, -0.25) is 0 Å². The Morgan fingerprint density at radius 2 is 2.16 bits per heavy atom. The summed E-state index contributed by atoms with van der Waals surface area (Å²) in [5.74, 6) is 0.903. The third-order valence-electron chi connectivity index (χ3n) is 3.87. The Morgan fingerprint density at radius 3 is 2.74 bits per heavy atom. The Labute approximate surface area is 121 Å². The molecule has 1 aliphatic rings. The molecule has 0 aliphatic heterocycles. The first-order chi connectivity index (χ1) is 9.24. The topological polar surface area (TPSA) is 28.2 Å². The molecule has 1 aromatic heterocycles. The molecule has 0 radical (unpaired) electrons. The van der Waals surface area contributed by atoms with E-state index in [9.17, 15) is 0 Å². The second-order valence-corrected chi connectivity index (χ2v) is 6.64. The quantitative estimate of drug-likeness (QED) is 0.791. The summed E-state index contributed by atoms with van der Waals surface area (Å²) in [5, 5.41) is 4.64. The molecule has 108 valence electrons. The minimum atomic E-state index is 0.903. The number of thiazole rings is 1. The Hall–Kier alpha value is -0.610. The highest BCUT2D eigenvalue weighted by Crippen LogP contribution is 2.31. The molecule has 1 N–H and O–H groups in total. The van der Waals surface area contributed by atoms with E-state index in [-0.39, 0.29) is 0 Å². The van der Waals surface area contributed by atoms with Crippen molar-refractivity contribution in [2.24, 2.45) is 5.92 Å². The van der Waals surface area contributed by atoms with Gasteiger partial charge in [-0.15, -0.1) is 11.3 Å². The Balaban J connectivity index is 2.01. The highest BCUT2D eigenvalue weighted by Gasteiger charge is 2.21. The van der Waals surface area contributed by atoms with Crippen molar-refractivity contribution in [2.45, 2.75) is 52.5 Å². The molecule has 3 nitrogen and oxygen atoms in total. The van der Waals surface area contributed by atoms with Crippen molar-refractivity contribution in [3.8, 4) is 0 Å². The number of nitrogens with zero attached hydrogens (tertiary/aromatic N) is 2. The molecule has 0 aromatic carbocycles. The van der Waals surface area contributed by atoms with Crippen molar-refractivity contribution in [1.29, 1.82) is 0 Å². The van der Waals surface area contributed by atoms with Crippen molar-refractivity contribution in [3.63, 3.8) is 0 Å². The Morgan fingerprint density at radius 1 is 1.37 bits per heavy atom. The summed E-state index contributed by atoms with van der Waals surface area (Å²) in [5.41, 5.74) is 1.31. The summed E-state index contributed by atoms with van der Waals surface area (Å²) in [7, 11) is 2.20. The fourth-order valence-corrected chi connectivity index (χ4v) is 3.53. The van der Waals surface area contributed by atoms with Crippen LogP contribution in [0.3, 0.4) is 0 Å². The predicted molar refractivity (Wildman–Crippen MR) is 84.1 cm³/mol. The second-order valence-electron chi connectivity index (χ2n) is 5.57. The number of aryl methyl sites for hydroxylation is 1. The van der Waals surface area contributed by atoms with Gasteiger partial charge in [0.25, 0.3) is 0 Å². The van der Waals surface area contributed by atoms with E-state index in [0.717, 1.165) is 25.4 Å². The lowest BCUT2D eigenvalue weighted by Crippen LogP contribution is -2.29. The summed E-state index contributed by atoms with van der Waals surface area (Å²) in [6.45, 7) is 7.56. The molecule has 1 aromatic rings. The fraction of sp³-hybridized carbons (Fsp3) is 0.800. The maximum Gasteiger partial charge on any atom is 0.185 e. The van der Waals surface area contributed by atoms with Crippen molar-refractivity contribution < 1.29 is 0 Å². The molecule has 2 rings (SSSR count). The zero-order valence-electron chi connectivity index (χ0n) is 12.5. The Bertz CT molecular complexity index is 385. The first kappa shape index (κ1) is 14.8. The molecule has 1 fully saturated rings. The smallest absolute Gasteiger partial charge is 0.185 e. The van der Waals surface area contributed by atoms with Crippen LogP contribution in [0, 0.1) is 5.92 Å². The third kappa shape index (κ3) is 3.93. The molecule has 1 saturated carbocycles. The van der Waals surface area contributed by atoms with Gasteiger partial charge in [0, 0.05) is 25.0 Å². The average molecular weight is 281 g/mol. The molecule has 0 spiro atoms. The van der Waals surface area contributed by atoms with Gasteiger partial charge < -0.3 is 10.2 Å². The fourth-order valence-electron chi connectivity index (χ4n) is 2.48. The van der Waals surface area contributed by atoms with Crippen molar-refractivity contribution in [3.05, 3.63) is 10.6 Å². The summed E-state index contributed by atoms with van der Waals surface area (Å²) in [6, 6.07) is 0. The van der Waals surface area contributed by atoms with Crippen LogP contribution in [0.5, 0.6) is 0 Å². The van der Waals surface area contributed by atoms with E-state index >= 15 is 0 Å². The third-order valence-corrected chi connectivity index (χ3v) is 5.08. The van der Waals surface area contributed by atoms with E-state index in [1.54, 1.807) is 0 Å². The van der Waals surface area contributed by atoms with E-state index < -0.39 is 0 Å². The number of nitrogens with one attached hydrogen (secondary N) is 1. The van der Waals surface area contributed by atoms with Crippen LogP contribution < -0.4 is 10.2 Å². The molecule has 4 heteroatoms. The Kier molecular flexibility index (Phi) is 5.64. The molecule has 0 amide bonds. The van der Waals surface area contributed by atoms with E-state index in [2.05, 4.69) is 31.1 Å². The van der Waals surface area contributed by atoms with Crippen LogP contribution in [-0.4, -0.2) is 25.1 Å². The van der Waals surface area contributed by atoms with Gasteiger partial charge >= 0.3 is 0 Å². The summed E-state index contributed by atoms with van der Waals surface area (Å²) in [6.07, 6.45) is 6.51. The normalized spacial score (nSPS) is 15.5. The molecule has 0 unspecified atom stereocenters. The van der Waals surface area contributed by atoms with E-state index in [1.807, 2.05) is 11.3 Å². The monoisotopic (exact) mass is 281 g/mol. The van der Waals surface area contributed by atoms with Gasteiger partial charge in [0.15, 0.2) is 5.13 Å². The summed E-state index contributed by atoms with van der Waals surface area (Å²) in [4.78, 5) is 8.66. The van der Waals surface area contributed by atoms with Crippen molar-refractivity contribution >= 4 is 16.5 Å². The zero-order valence-corrected chi connectivity index (χ0v) is 13.4. The van der Waals surface area contributed by atoms with Crippen LogP contribution in [-0.2, 0) is 13.0 Å². The minimum Gasteiger partial charge on any atom is -0.351 e. The minimum absolute atomic E-state index is 0.903. The molecular weight excluding hydrogens is 254 g/mol. The summed E-state index contributed by atoms with van der Waals surface area (Å²) >= 11 is 1.88. The van der Waals surface area contributed by atoms with E-state index in [1.165, 1.54) is 47.9 Å². The van der Waals surface area contributed by atoms with Crippen LogP contribution in [0.1, 0.15) is 50.1 Å².